The van der Waals surface area contributed by atoms with Crippen LogP contribution in [0.1, 0.15) is 20.8 Å². The van der Waals surface area contributed by atoms with E-state index >= 15 is 0 Å². The van der Waals surface area contributed by atoms with E-state index in [1.165, 1.54) is 0 Å². The zero-order chi connectivity index (χ0) is 6.08. The van der Waals surface area contributed by atoms with Crippen LogP contribution < -0.4 is 5.73 Å². The number of hydrogen-bond donors (Lipinski definition) is 1. The van der Waals surface area contributed by atoms with Gasteiger partial charge in [-0.25, -0.2) is 0 Å². The standard InChI is InChI=1S/C5H14NP/c1-4(2)5(3,6)7/h4H,6-7H2,1-3H3. The molecule has 0 heterocycles. The van der Waals surface area contributed by atoms with Gasteiger partial charge in [0, 0.05) is 5.28 Å². The fraction of sp³-hybridized carbons (Fsp3) is 1.00. The quantitative estimate of drug-likeness (QED) is 0.515. The lowest BCUT2D eigenvalue weighted by Gasteiger charge is -2.22. The lowest BCUT2D eigenvalue weighted by molar-refractivity contribution is 0.482. The summed E-state index contributed by atoms with van der Waals surface area (Å²) in [4.78, 5) is 0. The molecule has 0 saturated carbocycles. The van der Waals surface area contributed by atoms with Gasteiger partial charge in [0.2, 0.25) is 0 Å². The summed E-state index contributed by atoms with van der Waals surface area (Å²) in [5, 5.41) is -0.0833. The van der Waals surface area contributed by atoms with Crippen LogP contribution in [0, 0.1) is 5.92 Å². The van der Waals surface area contributed by atoms with Crippen LogP contribution in [0.5, 0.6) is 0 Å². The molecule has 2 unspecified atom stereocenters. The first-order chi connectivity index (χ1) is 2.94. The number of hydrogen-bond acceptors (Lipinski definition) is 1. The molecule has 0 aromatic rings. The Morgan fingerprint density at radius 3 is 1.71 bits per heavy atom. The molecule has 0 bridgehead atoms. The van der Waals surface area contributed by atoms with Crippen molar-refractivity contribution < 1.29 is 0 Å². The van der Waals surface area contributed by atoms with Crippen molar-refractivity contribution in [3.63, 3.8) is 0 Å². The first-order valence-electron chi connectivity index (χ1n) is 2.52. The topological polar surface area (TPSA) is 26.0 Å². The van der Waals surface area contributed by atoms with E-state index in [0.29, 0.717) is 5.92 Å². The highest BCUT2D eigenvalue weighted by Crippen LogP contribution is 2.19. The number of nitrogens with two attached hydrogens (primary N) is 1. The van der Waals surface area contributed by atoms with Crippen molar-refractivity contribution in [2.75, 3.05) is 0 Å². The molecule has 0 amide bonds. The molecule has 0 saturated heterocycles. The Bertz CT molecular complexity index is 53.6. The largest absolute Gasteiger partial charge is 0.322 e. The molecule has 0 aromatic carbocycles. The average molecular weight is 119 g/mol. The van der Waals surface area contributed by atoms with Crippen LogP contribution in [0.25, 0.3) is 0 Å². The van der Waals surface area contributed by atoms with Crippen molar-refractivity contribution in [1.29, 1.82) is 0 Å². The van der Waals surface area contributed by atoms with Gasteiger partial charge >= 0.3 is 0 Å². The highest BCUT2D eigenvalue weighted by atomic mass is 31.0. The predicted octanol–water partition coefficient (Wildman–Crippen LogP) is 1.19. The Hall–Kier alpha value is 0.390. The summed E-state index contributed by atoms with van der Waals surface area (Å²) in [6, 6.07) is 0. The van der Waals surface area contributed by atoms with Gasteiger partial charge in [-0.05, 0) is 12.8 Å². The summed E-state index contributed by atoms with van der Waals surface area (Å²) < 4.78 is 0. The van der Waals surface area contributed by atoms with Crippen molar-refractivity contribution in [3.05, 3.63) is 0 Å². The van der Waals surface area contributed by atoms with Gasteiger partial charge in [0.05, 0.1) is 0 Å². The summed E-state index contributed by atoms with van der Waals surface area (Å²) >= 11 is 0. The minimum atomic E-state index is -0.0833. The highest BCUT2D eigenvalue weighted by Gasteiger charge is 2.14. The van der Waals surface area contributed by atoms with Gasteiger partial charge < -0.3 is 5.73 Å². The molecule has 0 aliphatic rings. The minimum absolute atomic E-state index is 0.0833. The zero-order valence-corrected chi connectivity index (χ0v) is 6.39. The van der Waals surface area contributed by atoms with E-state index in [9.17, 15) is 0 Å². The lowest BCUT2D eigenvalue weighted by atomic mass is 10.1. The van der Waals surface area contributed by atoms with Crippen LogP contribution in [-0.2, 0) is 0 Å². The molecule has 0 spiro atoms. The Balaban J connectivity index is 3.54. The summed E-state index contributed by atoms with van der Waals surface area (Å²) in [5.74, 6) is 0.539. The minimum Gasteiger partial charge on any atom is -0.322 e. The molecule has 0 aromatic heterocycles. The molecule has 44 valence electrons. The predicted molar refractivity (Wildman–Crippen MR) is 37.1 cm³/mol. The molecule has 0 rings (SSSR count). The molecule has 0 aliphatic carbocycles. The summed E-state index contributed by atoms with van der Waals surface area (Å²) in [6.07, 6.45) is 0. The maximum Gasteiger partial charge on any atom is 0.0292 e. The Morgan fingerprint density at radius 1 is 1.57 bits per heavy atom. The van der Waals surface area contributed by atoms with Gasteiger partial charge in [-0.2, -0.15) is 0 Å². The first kappa shape index (κ1) is 7.39. The van der Waals surface area contributed by atoms with E-state index < -0.39 is 0 Å². The zero-order valence-electron chi connectivity index (χ0n) is 5.23. The first-order valence-corrected chi connectivity index (χ1v) is 3.10. The SMILES string of the molecule is CC(C)C(C)(N)P. The second kappa shape index (κ2) is 2.11. The third kappa shape index (κ3) is 3.02. The van der Waals surface area contributed by atoms with Crippen LogP contribution in [0.4, 0.5) is 0 Å². The third-order valence-electron chi connectivity index (χ3n) is 1.24. The Labute approximate surface area is 47.9 Å². The average Bonchev–Trinajstić information content (AvgIpc) is 1.31. The fourth-order valence-electron chi connectivity index (χ4n) is 0. The maximum absolute atomic E-state index is 5.64. The smallest absolute Gasteiger partial charge is 0.0292 e. The molecule has 7 heavy (non-hydrogen) atoms. The second-order valence-electron chi connectivity index (χ2n) is 2.52. The van der Waals surface area contributed by atoms with Crippen LogP contribution in [0.3, 0.4) is 0 Å². The highest BCUT2D eigenvalue weighted by molar-refractivity contribution is 7.18. The van der Waals surface area contributed by atoms with E-state index in [0.717, 1.165) is 0 Å². The van der Waals surface area contributed by atoms with Crippen molar-refractivity contribution in [3.8, 4) is 0 Å². The molecule has 2 N–H and O–H groups in total. The molecule has 2 heteroatoms. The van der Waals surface area contributed by atoms with Crippen LogP contribution in [0.2, 0.25) is 0 Å². The third-order valence-corrected chi connectivity index (χ3v) is 1.91. The number of rotatable bonds is 1. The van der Waals surface area contributed by atoms with Crippen molar-refractivity contribution in [2.24, 2.45) is 11.7 Å². The van der Waals surface area contributed by atoms with E-state index in [2.05, 4.69) is 23.1 Å². The van der Waals surface area contributed by atoms with E-state index in [1.807, 2.05) is 6.92 Å². The normalized spacial score (nSPS) is 19.7. The molecule has 0 fully saturated rings. The molecule has 1 nitrogen and oxygen atoms in total. The lowest BCUT2D eigenvalue weighted by Crippen LogP contribution is -2.33. The fourth-order valence-corrected chi connectivity index (χ4v) is 0. The monoisotopic (exact) mass is 119 g/mol. The Kier molecular flexibility index (Phi) is 2.22. The van der Waals surface area contributed by atoms with Gasteiger partial charge in [0.15, 0.2) is 0 Å². The molecular formula is C5H14NP. The second-order valence-corrected chi connectivity index (χ2v) is 3.76. The van der Waals surface area contributed by atoms with Gasteiger partial charge in [0.1, 0.15) is 0 Å². The molecule has 0 aliphatic heterocycles. The summed E-state index contributed by atoms with van der Waals surface area (Å²) in [5.41, 5.74) is 5.64. The van der Waals surface area contributed by atoms with Gasteiger partial charge in [-0.3, -0.25) is 0 Å². The summed E-state index contributed by atoms with van der Waals surface area (Å²) in [7, 11) is 2.61. The van der Waals surface area contributed by atoms with E-state index in [1.54, 1.807) is 0 Å². The molecule has 0 radical (unpaired) electrons. The van der Waals surface area contributed by atoms with Crippen molar-refractivity contribution >= 4 is 9.24 Å². The van der Waals surface area contributed by atoms with Gasteiger partial charge in [-0.15, -0.1) is 9.24 Å². The van der Waals surface area contributed by atoms with Crippen LogP contribution >= 0.6 is 9.24 Å². The van der Waals surface area contributed by atoms with Gasteiger partial charge in [0.25, 0.3) is 0 Å². The Morgan fingerprint density at radius 2 is 1.71 bits per heavy atom. The van der Waals surface area contributed by atoms with Gasteiger partial charge in [-0.1, -0.05) is 13.8 Å². The summed E-state index contributed by atoms with van der Waals surface area (Å²) in [6.45, 7) is 6.21. The molecular weight excluding hydrogens is 105 g/mol. The maximum atomic E-state index is 5.64. The van der Waals surface area contributed by atoms with E-state index in [4.69, 9.17) is 5.73 Å². The van der Waals surface area contributed by atoms with Crippen LogP contribution in [0.15, 0.2) is 0 Å². The van der Waals surface area contributed by atoms with Crippen molar-refractivity contribution in [2.45, 2.75) is 26.1 Å². The van der Waals surface area contributed by atoms with Crippen molar-refractivity contribution in [1.82, 2.24) is 0 Å². The van der Waals surface area contributed by atoms with Crippen LogP contribution in [-0.4, -0.2) is 5.28 Å². The van der Waals surface area contributed by atoms with E-state index in [-0.39, 0.29) is 5.28 Å². The molecule has 2 atom stereocenters.